The number of likely N-dealkylation sites (tertiary alicyclic amines) is 1. The van der Waals surface area contributed by atoms with Gasteiger partial charge >= 0.3 is 0 Å². The molecule has 0 radical (unpaired) electrons. The molecule has 3 aliphatic heterocycles. The van der Waals surface area contributed by atoms with E-state index in [4.69, 9.17) is 0 Å². The number of aromatic nitrogens is 2. The normalized spacial score (nSPS) is 28.1. The molecule has 4 rings (SSSR count). The van der Waals surface area contributed by atoms with Crippen LogP contribution in [0.2, 0.25) is 0 Å². The van der Waals surface area contributed by atoms with E-state index in [1.807, 2.05) is 0 Å². The Hall–Kier alpha value is -1.97. The second-order valence-electron chi connectivity index (χ2n) is 6.84. The maximum Gasteiger partial charge on any atom is 0.290 e. The SMILES string of the molecule is O=C1NC(=O)/C(=C/c2ccnc(N[C@H]3CCCN(CC4CCN4)C3)n2)S1. The molecule has 1 aromatic heterocycles. The number of nitrogens with zero attached hydrogens (tertiary/aromatic N) is 3. The molecule has 3 aliphatic rings. The minimum absolute atomic E-state index is 0.317. The lowest BCUT2D eigenvalue weighted by Gasteiger charge is -2.38. The Labute approximate surface area is 156 Å². The van der Waals surface area contributed by atoms with E-state index in [-0.39, 0.29) is 11.1 Å². The summed E-state index contributed by atoms with van der Waals surface area (Å²) in [6, 6.07) is 2.68. The van der Waals surface area contributed by atoms with E-state index in [0.717, 1.165) is 50.8 Å². The van der Waals surface area contributed by atoms with Crippen LogP contribution in [0.15, 0.2) is 17.2 Å². The van der Waals surface area contributed by atoms with Crippen LogP contribution in [-0.2, 0) is 4.79 Å². The minimum Gasteiger partial charge on any atom is -0.350 e. The quantitative estimate of drug-likeness (QED) is 0.658. The average molecular weight is 374 g/mol. The number of thioether (sulfide) groups is 1. The van der Waals surface area contributed by atoms with Crippen molar-refractivity contribution < 1.29 is 9.59 Å². The zero-order valence-electron chi connectivity index (χ0n) is 14.4. The second-order valence-corrected chi connectivity index (χ2v) is 7.85. The lowest BCUT2D eigenvalue weighted by Crippen LogP contribution is -2.53. The molecule has 1 aromatic rings. The molecule has 0 bridgehead atoms. The summed E-state index contributed by atoms with van der Waals surface area (Å²) >= 11 is 0.892. The largest absolute Gasteiger partial charge is 0.350 e. The third kappa shape index (κ3) is 4.22. The molecule has 3 N–H and O–H groups in total. The molecule has 1 unspecified atom stereocenters. The molecule has 8 nitrogen and oxygen atoms in total. The van der Waals surface area contributed by atoms with Gasteiger partial charge in [-0.25, -0.2) is 9.97 Å². The Bertz CT molecular complexity index is 736. The molecule has 0 spiro atoms. The smallest absolute Gasteiger partial charge is 0.290 e. The minimum atomic E-state index is -0.374. The highest BCUT2D eigenvalue weighted by Gasteiger charge is 2.26. The topological polar surface area (TPSA) is 99.2 Å². The Kier molecular flexibility index (Phi) is 5.18. The van der Waals surface area contributed by atoms with Gasteiger partial charge in [-0.1, -0.05) is 0 Å². The third-order valence-corrected chi connectivity index (χ3v) is 5.65. The summed E-state index contributed by atoms with van der Waals surface area (Å²) in [4.78, 5) is 34.5. The number of hydrogen-bond donors (Lipinski definition) is 3. The number of imide groups is 1. The summed E-state index contributed by atoms with van der Waals surface area (Å²) in [6.45, 7) is 4.37. The van der Waals surface area contributed by atoms with Crippen LogP contribution in [0.4, 0.5) is 10.7 Å². The van der Waals surface area contributed by atoms with Crippen LogP contribution in [0.5, 0.6) is 0 Å². The van der Waals surface area contributed by atoms with Crippen LogP contribution in [0, 0.1) is 0 Å². The first-order chi connectivity index (χ1) is 12.7. The number of amides is 2. The zero-order chi connectivity index (χ0) is 17.9. The first-order valence-electron chi connectivity index (χ1n) is 8.96. The van der Waals surface area contributed by atoms with Gasteiger partial charge in [0.15, 0.2) is 0 Å². The van der Waals surface area contributed by atoms with Crippen molar-refractivity contribution >= 4 is 34.9 Å². The Balaban J connectivity index is 1.38. The number of carbonyl (C=O) groups is 2. The van der Waals surface area contributed by atoms with Crippen LogP contribution in [0.3, 0.4) is 0 Å². The van der Waals surface area contributed by atoms with Crippen molar-refractivity contribution in [3.63, 3.8) is 0 Å². The van der Waals surface area contributed by atoms with Crippen molar-refractivity contribution in [2.75, 3.05) is 31.5 Å². The van der Waals surface area contributed by atoms with Crippen LogP contribution >= 0.6 is 11.8 Å². The molecule has 26 heavy (non-hydrogen) atoms. The summed E-state index contributed by atoms with van der Waals surface area (Å²) < 4.78 is 0. The summed E-state index contributed by atoms with van der Waals surface area (Å²) in [5, 5.41) is 8.77. The van der Waals surface area contributed by atoms with Gasteiger partial charge in [0.25, 0.3) is 11.1 Å². The number of nitrogens with one attached hydrogen (secondary N) is 3. The molecule has 4 heterocycles. The molecule has 0 aromatic carbocycles. The molecule has 2 atom stereocenters. The fraction of sp³-hybridized carbons (Fsp3) is 0.529. The number of rotatable bonds is 5. The highest BCUT2D eigenvalue weighted by Crippen LogP contribution is 2.25. The summed E-state index contributed by atoms with van der Waals surface area (Å²) in [7, 11) is 0. The van der Waals surface area contributed by atoms with E-state index in [1.54, 1.807) is 18.3 Å². The molecular weight excluding hydrogens is 352 g/mol. The molecule has 3 fully saturated rings. The van der Waals surface area contributed by atoms with E-state index in [2.05, 4.69) is 30.8 Å². The first-order valence-corrected chi connectivity index (χ1v) is 9.77. The lowest BCUT2D eigenvalue weighted by atomic mass is 10.0. The van der Waals surface area contributed by atoms with Gasteiger partial charge in [0.2, 0.25) is 5.95 Å². The van der Waals surface area contributed by atoms with Crippen LogP contribution in [0.25, 0.3) is 6.08 Å². The fourth-order valence-corrected chi connectivity index (χ4v) is 4.08. The molecule has 0 aliphatic carbocycles. The lowest BCUT2D eigenvalue weighted by molar-refractivity contribution is -0.115. The number of anilines is 1. The molecule has 3 saturated heterocycles. The van der Waals surface area contributed by atoms with E-state index in [9.17, 15) is 9.59 Å². The maximum atomic E-state index is 11.7. The van der Waals surface area contributed by atoms with E-state index < -0.39 is 0 Å². The van der Waals surface area contributed by atoms with Gasteiger partial charge in [-0.3, -0.25) is 19.8 Å². The predicted octanol–water partition coefficient (Wildman–Crippen LogP) is 1.04. The van der Waals surface area contributed by atoms with Gasteiger partial charge in [0.1, 0.15) is 0 Å². The second kappa shape index (κ2) is 7.73. The first kappa shape index (κ1) is 17.4. The van der Waals surface area contributed by atoms with Crippen molar-refractivity contribution in [1.29, 1.82) is 0 Å². The van der Waals surface area contributed by atoms with Crippen LogP contribution in [-0.4, -0.2) is 64.3 Å². The molecular formula is C17H22N6O2S. The van der Waals surface area contributed by atoms with E-state index in [1.165, 1.54) is 6.42 Å². The van der Waals surface area contributed by atoms with E-state index in [0.29, 0.717) is 28.6 Å². The maximum absolute atomic E-state index is 11.7. The standard InChI is InChI=1S/C17H22N6O2S/c24-15-14(26-17(25)22-15)8-11-3-6-19-16(20-11)21-13-2-1-7-23(10-13)9-12-4-5-18-12/h3,6,8,12-13,18H,1-2,4-5,7,9-10H2,(H,19,20,21)(H,22,24,25)/b14-8-/t12?,13-/m0/s1. The number of hydrogen-bond acceptors (Lipinski definition) is 8. The van der Waals surface area contributed by atoms with Crippen molar-refractivity contribution in [2.24, 2.45) is 0 Å². The zero-order valence-corrected chi connectivity index (χ0v) is 15.2. The van der Waals surface area contributed by atoms with Crippen molar-refractivity contribution in [2.45, 2.75) is 31.3 Å². The Morgan fingerprint density at radius 3 is 3.00 bits per heavy atom. The monoisotopic (exact) mass is 374 g/mol. The summed E-state index contributed by atoms with van der Waals surface area (Å²) in [6.07, 6.45) is 6.80. The summed E-state index contributed by atoms with van der Waals surface area (Å²) in [5.74, 6) is 0.184. The molecule has 0 saturated carbocycles. The van der Waals surface area contributed by atoms with Crippen LogP contribution < -0.4 is 16.0 Å². The Morgan fingerprint density at radius 2 is 2.27 bits per heavy atom. The van der Waals surface area contributed by atoms with Crippen molar-refractivity contribution in [3.05, 3.63) is 22.9 Å². The average Bonchev–Trinajstić information content (AvgIpc) is 2.89. The van der Waals surface area contributed by atoms with Gasteiger partial charge in [-0.05, 0) is 56.3 Å². The number of carbonyl (C=O) groups excluding carboxylic acids is 2. The summed E-state index contributed by atoms with van der Waals surface area (Å²) in [5.41, 5.74) is 0.612. The fourth-order valence-electron chi connectivity index (χ4n) is 3.42. The molecule has 2 amide bonds. The van der Waals surface area contributed by atoms with E-state index >= 15 is 0 Å². The highest BCUT2D eigenvalue weighted by atomic mass is 32.2. The molecule has 138 valence electrons. The van der Waals surface area contributed by atoms with Crippen molar-refractivity contribution in [3.8, 4) is 0 Å². The van der Waals surface area contributed by atoms with Gasteiger partial charge in [-0.2, -0.15) is 0 Å². The van der Waals surface area contributed by atoms with Gasteiger partial charge in [-0.15, -0.1) is 0 Å². The van der Waals surface area contributed by atoms with Gasteiger partial charge in [0.05, 0.1) is 10.6 Å². The third-order valence-electron chi connectivity index (χ3n) is 4.84. The molecule has 9 heteroatoms. The van der Waals surface area contributed by atoms with Gasteiger partial charge < -0.3 is 10.6 Å². The number of piperidine rings is 1. The van der Waals surface area contributed by atoms with Crippen molar-refractivity contribution in [1.82, 2.24) is 25.5 Å². The van der Waals surface area contributed by atoms with Gasteiger partial charge in [0, 0.05) is 31.4 Å². The predicted molar refractivity (Wildman–Crippen MR) is 101 cm³/mol. The highest BCUT2D eigenvalue weighted by molar-refractivity contribution is 8.18. The Morgan fingerprint density at radius 1 is 1.38 bits per heavy atom. The van der Waals surface area contributed by atoms with Crippen LogP contribution in [0.1, 0.15) is 25.0 Å².